The van der Waals surface area contributed by atoms with Crippen molar-refractivity contribution in [2.45, 2.75) is 18.7 Å². The molecule has 9 heteroatoms. The molecule has 6 nitrogen and oxygen atoms in total. The first-order chi connectivity index (χ1) is 15.7. The van der Waals surface area contributed by atoms with Crippen LogP contribution in [0.5, 0.6) is 0 Å². The normalized spacial score (nSPS) is 11.2. The van der Waals surface area contributed by atoms with Gasteiger partial charge in [-0.2, -0.15) is 0 Å². The Bertz CT molecular complexity index is 1430. The molecule has 0 fully saturated rings. The molecule has 0 aliphatic rings. The van der Waals surface area contributed by atoms with Crippen LogP contribution in [0.4, 0.5) is 10.8 Å². The van der Waals surface area contributed by atoms with Crippen molar-refractivity contribution in [3.63, 3.8) is 0 Å². The van der Waals surface area contributed by atoms with Gasteiger partial charge in [-0.1, -0.05) is 35.9 Å². The Labute approximate surface area is 201 Å². The number of para-hydroxylation sites is 1. The van der Waals surface area contributed by atoms with E-state index >= 15 is 0 Å². The molecule has 0 spiro atoms. The van der Waals surface area contributed by atoms with E-state index in [4.69, 9.17) is 11.6 Å². The van der Waals surface area contributed by atoms with Crippen molar-refractivity contribution in [3.05, 3.63) is 93.8 Å². The van der Waals surface area contributed by atoms with Gasteiger partial charge < -0.3 is 0 Å². The van der Waals surface area contributed by atoms with E-state index in [-0.39, 0.29) is 16.1 Å². The molecule has 2 N–H and O–H groups in total. The van der Waals surface area contributed by atoms with Crippen molar-refractivity contribution in [3.8, 4) is 11.3 Å². The van der Waals surface area contributed by atoms with Crippen molar-refractivity contribution < 1.29 is 13.2 Å². The molecule has 0 aliphatic carbocycles. The number of amides is 1. The average molecular weight is 498 g/mol. The van der Waals surface area contributed by atoms with Crippen LogP contribution in [0.2, 0.25) is 5.02 Å². The summed E-state index contributed by atoms with van der Waals surface area (Å²) in [5.74, 6) is -0.467. The predicted molar refractivity (Wildman–Crippen MR) is 134 cm³/mol. The molecule has 33 heavy (non-hydrogen) atoms. The van der Waals surface area contributed by atoms with Gasteiger partial charge in [0, 0.05) is 16.0 Å². The molecule has 1 heterocycles. The molecule has 0 unspecified atom stereocenters. The number of thiazole rings is 1. The minimum Gasteiger partial charge on any atom is -0.298 e. The number of nitrogens with zero attached hydrogens (tertiary/aromatic N) is 1. The number of aryl methyl sites for hydroxylation is 2. The van der Waals surface area contributed by atoms with Gasteiger partial charge in [-0.15, -0.1) is 11.3 Å². The summed E-state index contributed by atoms with van der Waals surface area (Å²) in [5.41, 5.74) is 4.42. The van der Waals surface area contributed by atoms with Crippen LogP contribution in [0.3, 0.4) is 0 Å². The first-order valence-electron chi connectivity index (χ1n) is 9.95. The Morgan fingerprint density at radius 1 is 0.970 bits per heavy atom. The lowest BCUT2D eigenvalue weighted by molar-refractivity contribution is 0.102. The minimum absolute atomic E-state index is 0.0417. The Morgan fingerprint density at radius 3 is 2.42 bits per heavy atom. The summed E-state index contributed by atoms with van der Waals surface area (Å²) in [5, 5.41) is 5.48. The number of carbonyl (C=O) groups excluding carboxylic acids is 1. The maximum Gasteiger partial charge on any atom is 0.261 e. The van der Waals surface area contributed by atoms with E-state index in [2.05, 4.69) is 21.1 Å². The number of halogens is 1. The highest BCUT2D eigenvalue weighted by molar-refractivity contribution is 7.92. The van der Waals surface area contributed by atoms with Crippen LogP contribution in [-0.4, -0.2) is 19.3 Å². The number of rotatable bonds is 6. The second-order valence-corrected chi connectivity index (χ2v) is 10.4. The molecule has 0 radical (unpaired) electrons. The van der Waals surface area contributed by atoms with Crippen LogP contribution in [0.25, 0.3) is 11.3 Å². The molecular formula is C24H20ClN3O3S2. The third-order valence-corrected chi connectivity index (χ3v) is 7.46. The first kappa shape index (κ1) is 23.0. The van der Waals surface area contributed by atoms with E-state index < -0.39 is 15.9 Å². The highest BCUT2D eigenvalue weighted by atomic mass is 35.5. The molecule has 4 aromatic rings. The fourth-order valence-corrected chi connectivity index (χ4v) is 5.04. The van der Waals surface area contributed by atoms with Gasteiger partial charge in [0.15, 0.2) is 5.13 Å². The summed E-state index contributed by atoms with van der Waals surface area (Å²) in [6, 6.07) is 18.3. The van der Waals surface area contributed by atoms with Crippen LogP contribution >= 0.6 is 22.9 Å². The van der Waals surface area contributed by atoms with Crippen LogP contribution in [0.15, 0.2) is 77.0 Å². The number of anilines is 2. The van der Waals surface area contributed by atoms with E-state index in [1.165, 1.54) is 47.2 Å². The third kappa shape index (κ3) is 5.24. The molecule has 0 atom stereocenters. The lowest BCUT2D eigenvalue weighted by atomic mass is 10.1. The lowest BCUT2D eigenvalue weighted by Gasteiger charge is -2.12. The second kappa shape index (κ2) is 9.35. The van der Waals surface area contributed by atoms with Gasteiger partial charge >= 0.3 is 0 Å². The standard InChI is InChI=1S/C24H20ClN3O3S2/c1-15-7-8-17(13-16(15)2)22-14-32-24(26-22)27-23(29)20-5-3-4-6-21(20)28-33(30,31)19-11-9-18(25)10-12-19/h3-14,28H,1-2H3,(H,26,27,29). The van der Waals surface area contributed by atoms with Gasteiger partial charge in [0.1, 0.15) is 0 Å². The fraction of sp³-hybridized carbons (Fsp3) is 0.0833. The number of carbonyl (C=O) groups is 1. The van der Waals surface area contributed by atoms with Gasteiger partial charge in [0.2, 0.25) is 0 Å². The van der Waals surface area contributed by atoms with Crippen molar-refractivity contribution >= 4 is 49.7 Å². The predicted octanol–water partition coefficient (Wildman–Crippen LogP) is 6.13. The zero-order valence-corrected chi connectivity index (χ0v) is 20.2. The van der Waals surface area contributed by atoms with E-state index in [1.54, 1.807) is 18.2 Å². The largest absolute Gasteiger partial charge is 0.298 e. The Kier molecular flexibility index (Phi) is 6.51. The summed E-state index contributed by atoms with van der Waals surface area (Å²) in [4.78, 5) is 17.5. The molecule has 1 amide bonds. The molecule has 4 rings (SSSR count). The minimum atomic E-state index is -3.90. The number of aromatic nitrogens is 1. The van der Waals surface area contributed by atoms with Crippen molar-refractivity contribution in [1.29, 1.82) is 0 Å². The van der Waals surface area contributed by atoms with Crippen molar-refractivity contribution in [1.82, 2.24) is 4.98 Å². The number of hydrogen-bond donors (Lipinski definition) is 2. The SMILES string of the molecule is Cc1ccc(-c2csc(NC(=O)c3ccccc3NS(=O)(=O)c3ccc(Cl)cc3)n2)cc1C. The molecule has 0 aliphatic heterocycles. The van der Waals surface area contributed by atoms with Gasteiger partial charge in [0.05, 0.1) is 21.8 Å². The van der Waals surface area contributed by atoms with Gasteiger partial charge in [-0.05, 0) is 67.4 Å². The van der Waals surface area contributed by atoms with Crippen molar-refractivity contribution in [2.24, 2.45) is 0 Å². The van der Waals surface area contributed by atoms with E-state index in [0.29, 0.717) is 10.2 Å². The Balaban J connectivity index is 1.55. The Morgan fingerprint density at radius 2 is 1.70 bits per heavy atom. The van der Waals surface area contributed by atoms with E-state index in [0.717, 1.165) is 16.8 Å². The van der Waals surface area contributed by atoms with Crippen LogP contribution < -0.4 is 10.0 Å². The second-order valence-electron chi connectivity index (χ2n) is 7.40. The van der Waals surface area contributed by atoms with Crippen LogP contribution in [-0.2, 0) is 10.0 Å². The quantitative estimate of drug-likeness (QED) is 0.335. The van der Waals surface area contributed by atoms with Crippen molar-refractivity contribution in [2.75, 3.05) is 10.0 Å². The Hall–Kier alpha value is -3.20. The van der Waals surface area contributed by atoms with Gasteiger partial charge in [-0.3, -0.25) is 14.8 Å². The topological polar surface area (TPSA) is 88.2 Å². The molecule has 1 aromatic heterocycles. The summed E-state index contributed by atoms with van der Waals surface area (Å²) in [7, 11) is -3.90. The number of benzene rings is 3. The smallest absolute Gasteiger partial charge is 0.261 e. The van der Waals surface area contributed by atoms with E-state index in [9.17, 15) is 13.2 Å². The maximum atomic E-state index is 12.9. The fourth-order valence-electron chi connectivity index (χ4n) is 3.12. The molecule has 168 valence electrons. The highest BCUT2D eigenvalue weighted by Crippen LogP contribution is 2.28. The maximum absolute atomic E-state index is 12.9. The zero-order chi connectivity index (χ0) is 23.6. The summed E-state index contributed by atoms with van der Waals surface area (Å²) in [6.07, 6.45) is 0. The average Bonchev–Trinajstić information content (AvgIpc) is 3.24. The highest BCUT2D eigenvalue weighted by Gasteiger charge is 2.19. The number of hydrogen-bond acceptors (Lipinski definition) is 5. The molecule has 0 bridgehead atoms. The molecule has 3 aromatic carbocycles. The molecule has 0 saturated carbocycles. The van der Waals surface area contributed by atoms with Gasteiger partial charge in [0.25, 0.3) is 15.9 Å². The number of nitrogens with one attached hydrogen (secondary N) is 2. The zero-order valence-electron chi connectivity index (χ0n) is 17.8. The summed E-state index contributed by atoms with van der Waals surface area (Å²) < 4.78 is 28.0. The first-order valence-corrected chi connectivity index (χ1v) is 12.7. The van der Waals surface area contributed by atoms with Crippen LogP contribution in [0, 0.1) is 13.8 Å². The summed E-state index contributed by atoms with van der Waals surface area (Å²) >= 11 is 7.15. The van der Waals surface area contributed by atoms with Gasteiger partial charge in [-0.25, -0.2) is 13.4 Å². The van der Waals surface area contributed by atoms with E-state index in [1.807, 2.05) is 31.4 Å². The molecule has 0 saturated heterocycles. The van der Waals surface area contributed by atoms with Crippen LogP contribution in [0.1, 0.15) is 21.5 Å². The summed E-state index contributed by atoms with van der Waals surface area (Å²) in [6.45, 7) is 4.08. The molecular weight excluding hydrogens is 478 g/mol. The monoisotopic (exact) mass is 497 g/mol. The lowest BCUT2D eigenvalue weighted by Crippen LogP contribution is -2.18. The number of sulfonamides is 1. The third-order valence-electron chi connectivity index (χ3n) is 5.07.